The van der Waals surface area contributed by atoms with Gasteiger partial charge in [0.25, 0.3) is 5.91 Å². The maximum atomic E-state index is 12.6. The van der Waals surface area contributed by atoms with Gasteiger partial charge in [-0.3, -0.25) is 10.2 Å². The number of amidine groups is 2. The Bertz CT molecular complexity index is 1320. The molecular formula is C24H20N4O2S2. The number of rotatable bonds is 6. The number of carbonyl (C=O) groups is 1. The van der Waals surface area contributed by atoms with Crippen LogP contribution in [0.1, 0.15) is 31.9 Å². The smallest absolute Gasteiger partial charge is 0.283 e. The van der Waals surface area contributed by atoms with Crippen molar-refractivity contribution in [2.75, 3.05) is 0 Å². The summed E-state index contributed by atoms with van der Waals surface area (Å²) in [5.74, 6) is 0.0838. The van der Waals surface area contributed by atoms with Gasteiger partial charge in [0.2, 0.25) is 5.17 Å². The summed E-state index contributed by atoms with van der Waals surface area (Å²) < 4.78 is 5.95. The third kappa shape index (κ3) is 4.03. The first-order valence-corrected chi connectivity index (χ1v) is 12.0. The second-order valence-corrected chi connectivity index (χ2v) is 9.44. The summed E-state index contributed by atoms with van der Waals surface area (Å²) in [4.78, 5) is 17.8. The van der Waals surface area contributed by atoms with Crippen molar-refractivity contribution in [1.82, 2.24) is 5.01 Å². The molecule has 6 nitrogen and oxygen atoms in total. The lowest BCUT2D eigenvalue weighted by atomic mass is 10.1. The van der Waals surface area contributed by atoms with E-state index in [-0.39, 0.29) is 11.4 Å². The molecule has 0 saturated carbocycles. The molecule has 8 heteroatoms. The lowest BCUT2D eigenvalue weighted by Gasteiger charge is -2.19. The van der Waals surface area contributed by atoms with Crippen molar-refractivity contribution < 1.29 is 9.21 Å². The molecule has 0 aliphatic carbocycles. The first-order chi connectivity index (χ1) is 15.6. The molecule has 0 spiro atoms. The number of thioether (sulfide) groups is 1. The standard InChI is InChI=1S/C24H20N4O2S2/c1-2-3-11-20-27-28-22(25)18(23(29)26-24(28)32-20)14-16-12-13-21(30-16)31-19-10-6-8-15-7-4-5-9-17(15)19/h4-10,12-14,25H,2-3,11H2,1H3/b18-14-,25-22?. The highest BCUT2D eigenvalue weighted by atomic mass is 32.2. The summed E-state index contributed by atoms with van der Waals surface area (Å²) in [6.45, 7) is 2.12. The zero-order valence-electron chi connectivity index (χ0n) is 17.4. The number of furan rings is 1. The number of amides is 1. The van der Waals surface area contributed by atoms with Gasteiger partial charge in [-0.15, -0.1) is 0 Å². The molecule has 2 aliphatic rings. The van der Waals surface area contributed by atoms with E-state index in [4.69, 9.17) is 9.83 Å². The Morgan fingerprint density at radius 2 is 2.00 bits per heavy atom. The van der Waals surface area contributed by atoms with Crippen LogP contribution < -0.4 is 0 Å². The largest absolute Gasteiger partial charge is 0.450 e. The highest BCUT2D eigenvalue weighted by molar-refractivity contribution is 8.26. The van der Waals surface area contributed by atoms with Gasteiger partial charge in [0.1, 0.15) is 10.8 Å². The maximum absolute atomic E-state index is 12.6. The van der Waals surface area contributed by atoms with Gasteiger partial charge < -0.3 is 4.42 Å². The summed E-state index contributed by atoms with van der Waals surface area (Å²) in [6, 6.07) is 18.1. The van der Waals surface area contributed by atoms with E-state index in [2.05, 4.69) is 41.3 Å². The van der Waals surface area contributed by atoms with Crippen molar-refractivity contribution in [3.63, 3.8) is 0 Å². The number of hydrazone groups is 1. The molecule has 2 aromatic carbocycles. The van der Waals surface area contributed by atoms with E-state index in [1.807, 2.05) is 24.3 Å². The predicted octanol–water partition coefficient (Wildman–Crippen LogP) is 6.39. The second kappa shape index (κ2) is 8.80. The van der Waals surface area contributed by atoms with Crippen molar-refractivity contribution in [2.45, 2.75) is 36.2 Å². The topological polar surface area (TPSA) is 82.0 Å². The molecule has 5 rings (SSSR count). The minimum atomic E-state index is -0.444. The van der Waals surface area contributed by atoms with Gasteiger partial charge in [-0.2, -0.15) is 15.1 Å². The van der Waals surface area contributed by atoms with Crippen molar-refractivity contribution in [3.8, 4) is 0 Å². The molecular weight excluding hydrogens is 440 g/mol. The van der Waals surface area contributed by atoms with Crippen LogP contribution in [0.5, 0.6) is 0 Å². The predicted molar refractivity (Wildman–Crippen MR) is 131 cm³/mol. The highest BCUT2D eigenvalue weighted by Gasteiger charge is 2.35. The van der Waals surface area contributed by atoms with Gasteiger partial charge in [0.15, 0.2) is 10.9 Å². The zero-order chi connectivity index (χ0) is 22.1. The monoisotopic (exact) mass is 460 g/mol. The molecule has 0 atom stereocenters. The first kappa shape index (κ1) is 20.8. The van der Waals surface area contributed by atoms with Crippen LogP contribution in [-0.4, -0.2) is 27.0 Å². The van der Waals surface area contributed by atoms with Gasteiger partial charge >= 0.3 is 0 Å². The van der Waals surface area contributed by atoms with Crippen LogP contribution in [0.15, 0.2) is 84.7 Å². The van der Waals surface area contributed by atoms with Crippen LogP contribution in [0.4, 0.5) is 0 Å². The quantitative estimate of drug-likeness (QED) is 0.431. The Balaban J connectivity index is 1.38. The molecule has 0 saturated heterocycles. The van der Waals surface area contributed by atoms with E-state index >= 15 is 0 Å². The van der Waals surface area contributed by atoms with Gasteiger partial charge in [0, 0.05) is 4.90 Å². The van der Waals surface area contributed by atoms with Crippen molar-refractivity contribution in [3.05, 3.63) is 65.9 Å². The Hall–Kier alpha value is -3.10. The van der Waals surface area contributed by atoms with E-state index < -0.39 is 5.91 Å². The lowest BCUT2D eigenvalue weighted by Crippen LogP contribution is -2.35. The molecule has 3 aromatic rings. The number of fused-ring (bicyclic) bond motifs is 2. The van der Waals surface area contributed by atoms with Gasteiger partial charge in [-0.25, -0.2) is 0 Å². The van der Waals surface area contributed by atoms with Crippen LogP contribution in [0.25, 0.3) is 16.8 Å². The Morgan fingerprint density at radius 3 is 2.88 bits per heavy atom. The lowest BCUT2D eigenvalue weighted by molar-refractivity contribution is -0.114. The fourth-order valence-electron chi connectivity index (χ4n) is 3.46. The molecule has 1 amide bonds. The Labute approximate surface area is 194 Å². The summed E-state index contributed by atoms with van der Waals surface area (Å²) in [5.41, 5.74) is 0.172. The van der Waals surface area contributed by atoms with Gasteiger partial charge in [0.05, 0.1) is 5.57 Å². The molecule has 2 aliphatic heterocycles. The fraction of sp³-hybridized carbons (Fsp3) is 0.167. The minimum absolute atomic E-state index is 0.0265. The number of hydrogen-bond donors (Lipinski definition) is 1. The number of aliphatic imine (C=N–C) groups is 1. The SMILES string of the molecule is CCCCC1=NN2C(=N)/C(=C/c3ccc(Sc4cccc5ccccc45)o3)C(=O)N=C2S1. The van der Waals surface area contributed by atoms with Gasteiger partial charge in [-0.05, 0) is 59.7 Å². The number of benzene rings is 2. The average Bonchev–Trinajstić information content (AvgIpc) is 3.42. The third-order valence-corrected chi connectivity index (χ3v) is 7.05. The molecule has 0 unspecified atom stereocenters. The van der Waals surface area contributed by atoms with E-state index in [9.17, 15) is 4.79 Å². The van der Waals surface area contributed by atoms with Crippen LogP contribution in [-0.2, 0) is 4.79 Å². The van der Waals surface area contributed by atoms with E-state index in [0.717, 1.165) is 34.6 Å². The van der Waals surface area contributed by atoms with E-state index in [1.165, 1.54) is 33.9 Å². The number of nitrogens with one attached hydrogen (secondary N) is 1. The molecule has 3 heterocycles. The molecule has 160 valence electrons. The van der Waals surface area contributed by atoms with Crippen molar-refractivity contribution in [1.29, 1.82) is 5.41 Å². The zero-order valence-corrected chi connectivity index (χ0v) is 19.0. The van der Waals surface area contributed by atoms with Crippen LogP contribution in [0.3, 0.4) is 0 Å². The number of hydrogen-bond acceptors (Lipinski definition) is 6. The number of nitrogens with zero attached hydrogens (tertiary/aromatic N) is 3. The van der Waals surface area contributed by atoms with Crippen LogP contribution in [0, 0.1) is 5.41 Å². The third-order valence-electron chi connectivity index (χ3n) is 5.09. The summed E-state index contributed by atoms with van der Waals surface area (Å²) in [5, 5.41) is 18.8. The molecule has 0 radical (unpaired) electrons. The molecule has 0 bridgehead atoms. The molecule has 32 heavy (non-hydrogen) atoms. The molecule has 1 aromatic heterocycles. The van der Waals surface area contributed by atoms with Crippen molar-refractivity contribution >= 4 is 62.3 Å². The average molecular weight is 461 g/mol. The van der Waals surface area contributed by atoms with Gasteiger partial charge in [-0.1, -0.05) is 61.5 Å². The highest BCUT2D eigenvalue weighted by Crippen LogP contribution is 2.35. The number of unbranched alkanes of at least 4 members (excludes halogenated alkanes) is 1. The molecule has 0 fully saturated rings. The fourth-order valence-corrected chi connectivity index (χ4v) is 5.32. The summed E-state index contributed by atoms with van der Waals surface area (Å²) in [7, 11) is 0. The minimum Gasteiger partial charge on any atom is -0.450 e. The van der Waals surface area contributed by atoms with E-state index in [1.54, 1.807) is 12.1 Å². The number of carbonyl (C=O) groups excluding carboxylic acids is 1. The normalized spacial score (nSPS) is 17.2. The Kier molecular flexibility index (Phi) is 5.71. The Morgan fingerprint density at radius 1 is 1.16 bits per heavy atom. The molecule has 1 N–H and O–H groups in total. The second-order valence-electron chi connectivity index (χ2n) is 7.35. The van der Waals surface area contributed by atoms with Crippen LogP contribution in [0.2, 0.25) is 0 Å². The van der Waals surface area contributed by atoms with Crippen LogP contribution >= 0.6 is 23.5 Å². The van der Waals surface area contributed by atoms with Crippen molar-refractivity contribution in [2.24, 2.45) is 10.1 Å². The first-order valence-electron chi connectivity index (χ1n) is 10.4. The summed E-state index contributed by atoms with van der Waals surface area (Å²) in [6.07, 6.45) is 4.47. The summed E-state index contributed by atoms with van der Waals surface area (Å²) >= 11 is 2.89. The van der Waals surface area contributed by atoms with E-state index in [0.29, 0.717) is 16.0 Å². The maximum Gasteiger partial charge on any atom is 0.283 e.